The van der Waals surface area contributed by atoms with E-state index in [0.29, 0.717) is 11.6 Å². The number of benzene rings is 3. The van der Waals surface area contributed by atoms with Gasteiger partial charge in [-0.3, -0.25) is 0 Å². The van der Waals surface area contributed by atoms with Gasteiger partial charge in [0.2, 0.25) is 0 Å². The minimum Gasteiger partial charge on any atom is -0.462 e. The second-order valence-corrected chi connectivity index (χ2v) is 9.01. The van der Waals surface area contributed by atoms with Crippen molar-refractivity contribution in [2.24, 2.45) is 0 Å². The van der Waals surface area contributed by atoms with Crippen LogP contribution in [0, 0.1) is 6.92 Å². The standard InChI is InChI=1S/C29H24N4O2S/c1-3-35-29(34)24-17-30-26(22-11-7-8-19(2)16-22)33-27(24)31-23-14-12-20(13-15-23)25-18-36-28(32-25)21-9-5-4-6-10-21/h4-18H,3H2,1-2H3,(H,30,31,33). The normalized spacial score (nSPS) is 10.7. The molecule has 0 bridgehead atoms. The third kappa shape index (κ3) is 5.16. The predicted molar refractivity (Wildman–Crippen MR) is 144 cm³/mol. The van der Waals surface area contributed by atoms with Gasteiger partial charge in [0.05, 0.1) is 12.3 Å². The quantitative estimate of drug-likeness (QED) is 0.243. The number of hydrogen-bond acceptors (Lipinski definition) is 7. The zero-order valence-corrected chi connectivity index (χ0v) is 20.8. The van der Waals surface area contributed by atoms with Gasteiger partial charge in [0, 0.05) is 34.0 Å². The Morgan fingerprint density at radius 3 is 2.44 bits per heavy atom. The largest absolute Gasteiger partial charge is 0.462 e. The fourth-order valence-electron chi connectivity index (χ4n) is 3.74. The van der Waals surface area contributed by atoms with Gasteiger partial charge in [-0.25, -0.2) is 19.7 Å². The third-order valence-corrected chi connectivity index (χ3v) is 6.42. The van der Waals surface area contributed by atoms with E-state index in [9.17, 15) is 4.79 Å². The van der Waals surface area contributed by atoms with Gasteiger partial charge in [0.15, 0.2) is 5.82 Å². The zero-order chi connectivity index (χ0) is 24.9. The molecule has 0 spiro atoms. The summed E-state index contributed by atoms with van der Waals surface area (Å²) >= 11 is 1.62. The van der Waals surface area contributed by atoms with Crippen molar-refractivity contribution in [3.05, 3.63) is 102 Å². The third-order valence-electron chi connectivity index (χ3n) is 5.53. The van der Waals surface area contributed by atoms with Crippen LogP contribution in [-0.2, 0) is 4.74 Å². The maximum absolute atomic E-state index is 12.6. The monoisotopic (exact) mass is 492 g/mol. The molecule has 0 saturated heterocycles. The molecule has 178 valence electrons. The van der Waals surface area contributed by atoms with Crippen LogP contribution in [0.4, 0.5) is 11.5 Å². The Morgan fingerprint density at radius 1 is 0.917 bits per heavy atom. The summed E-state index contributed by atoms with van der Waals surface area (Å²) in [5.74, 6) is 0.456. The topological polar surface area (TPSA) is 77.0 Å². The lowest BCUT2D eigenvalue weighted by Gasteiger charge is -2.12. The van der Waals surface area contributed by atoms with E-state index in [2.05, 4.69) is 32.8 Å². The summed E-state index contributed by atoms with van der Waals surface area (Å²) in [4.78, 5) is 26.4. The van der Waals surface area contributed by atoms with Crippen LogP contribution in [0.25, 0.3) is 33.2 Å². The van der Waals surface area contributed by atoms with E-state index in [1.54, 1.807) is 18.3 Å². The molecule has 0 unspecified atom stereocenters. The summed E-state index contributed by atoms with van der Waals surface area (Å²) in [5, 5.41) is 6.32. The molecule has 7 heteroatoms. The average molecular weight is 493 g/mol. The second kappa shape index (κ2) is 10.5. The van der Waals surface area contributed by atoms with Gasteiger partial charge in [-0.1, -0.05) is 66.2 Å². The maximum atomic E-state index is 12.6. The highest BCUT2D eigenvalue weighted by atomic mass is 32.1. The molecule has 36 heavy (non-hydrogen) atoms. The van der Waals surface area contributed by atoms with Gasteiger partial charge in [0.1, 0.15) is 16.4 Å². The van der Waals surface area contributed by atoms with Crippen LogP contribution in [0.15, 0.2) is 90.4 Å². The van der Waals surface area contributed by atoms with Gasteiger partial charge in [-0.2, -0.15) is 0 Å². The summed E-state index contributed by atoms with van der Waals surface area (Å²) in [6.07, 6.45) is 1.51. The van der Waals surface area contributed by atoms with E-state index in [0.717, 1.165) is 38.6 Å². The van der Waals surface area contributed by atoms with Crippen molar-refractivity contribution in [3.8, 4) is 33.2 Å². The molecule has 0 amide bonds. The van der Waals surface area contributed by atoms with Crippen molar-refractivity contribution >= 4 is 28.8 Å². The number of anilines is 2. The Hall–Kier alpha value is -4.36. The molecule has 5 aromatic rings. The van der Waals surface area contributed by atoms with Gasteiger partial charge in [-0.05, 0) is 32.0 Å². The van der Waals surface area contributed by atoms with Crippen LogP contribution < -0.4 is 5.32 Å². The Bertz CT molecular complexity index is 1500. The van der Waals surface area contributed by atoms with Crippen LogP contribution in [0.3, 0.4) is 0 Å². The first-order chi connectivity index (χ1) is 17.6. The van der Waals surface area contributed by atoms with Gasteiger partial charge < -0.3 is 10.1 Å². The summed E-state index contributed by atoms with van der Waals surface area (Å²) in [5.41, 5.74) is 6.08. The predicted octanol–water partition coefficient (Wildman–Crippen LogP) is 7.16. The van der Waals surface area contributed by atoms with E-state index in [1.807, 2.05) is 73.7 Å². The number of aryl methyl sites for hydroxylation is 1. The molecule has 0 aliphatic rings. The summed E-state index contributed by atoms with van der Waals surface area (Å²) in [6, 6.07) is 26.0. The van der Waals surface area contributed by atoms with Gasteiger partial charge >= 0.3 is 5.97 Å². The van der Waals surface area contributed by atoms with E-state index in [-0.39, 0.29) is 12.2 Å². The number of carbonyl (C=O) groups excluding carboxylic acids is 1. The number of carbonyl (C=O) groups is 1. The number of nitrogens with one attached hydrogen (secondary N) is 1. The van der Waals surface area contributed by atoms with Gasteiger partial charge in [-0.15, -0.1) is 11.3 Å². The molecule has 0 radical (unpaired) electrons. The smallest absolute Gasteiger partial charge is 0.343 e. The van der Waals surface area contributed by atoms with Crippen LogP contribution in [0.2, 0.25) is 0 Å². The first-order valence-electron chi connectivity index (χ1n) is 11.6. The van der Waals surface area contributed by atoms with E-state index in [1.165, 1.54) is 6.20 Å². The lowest BCUT2D eigenvalue weighted by atomic mass is 10.1. The van der Waals surface area contributed by atoms with E-state index >= 15 is 0 Å². The Balaban J connectivity index is 1.42. The fourth-order valence-corrected chi connectivity index (χ4v) is 4.57. The van der Waals surface area contributed by atoms with Crippen LogP contribution in [0.5, 0.6) is 0 Å². The number of ether oxygens (including phenoxy) is 1. The average Bonchev–Trinajstić information content (AvgIpc) is 3.40. The number of rotatable bonds is 7. The van der Waals surface area contributed by atoms with E-state index < -0.39 is 5.97 Å². The zero-order valence-electron chi connectivity index (χ0n) is 19.9. The molecule has 0 aliphatic carbocycles. The summed E-state index contributed by atoms with van der Waals surface area (Å²) < 4.78 is 5.22. The Labute approximate surface area is 213 Å². The SMILES string of the molecule is CCOC(=O)c1cnc(-c2cccc(C)c2)nc1Nc1ccc(-c2csc(-c3ccccc3)n2)cc1. The van der Waals surface area contributed by atoms with Crippen molar-refractivity contribution in [2.45, 2.75) is 13.8 Å². The molecule has 0 aliphatic heterocycles. The molecule has 0 saturated carbocycles. The second-order valence-electron chi connectivity index (χ2n) is 8.15. The molecule has 2 aromatic heterocycles. The molecule has 1 N–H and O–H groups in total. The Morgan fingerprint density at radius 2 is 1.69 bits per heavy atom. The molecular weight excluding hydrogens is 468 g/mol. The molecule has 6 nitrogen and oxygen atoms in total. The first-order valence-corrected chi connectivity index (χ1v) is 12.5. The number of hydrogen-bond donors (Lipinski definition) is 1. The number of thiazole rings is 1. The first kappa shape index (κ1) is 23.4. The van der Waals surface area contributed by atoms with Crippen molar-refractivity contribution in [3.63, 3.8) is 0 Å². The lowest BCUT2D eigenvalue weighted by Crippen LogP contribution is -2.11. The van der Waals surface area contributed by atoms with Crippen LogP contribution in [0.1, 0.15) is 22.8 Å². The number of aromatic nitrogens is 3. The van der Waals surface area contributed by atoms with Crippen LogP contribution in [-0.4, -0.2) is 27.5 Å². The minimum absolute atomic E-state index is 0.269. The molecular formula is C29H24N4O2S. The van der Waals surface area contributed by atoms with Crippen LogP contribution >= 0.6 is 11.3 Å². The molecule has 5 rings (SSSR count). The molecule has 3 aromatic carbocycles. The van der Waals surface area contributed by atoms with E-state index in [4.69, 9.17) is 9.72 Å². The summed E-state index contributed by atoms with van der Waals surface area (Å²) in [7, 11) is 0. The molecule has 0 fully saturated rings. The van der Waals surface area contributed by atoms with Crippen molar-refractivity contribution < 1.29 is 9.53 Å². The summed E-state index contributed by atoms with van der Waals surface area (Å²) in [6.45, 7) is 4.06. The van der Waals surface area contributed by atoms with Gasteiger partial charge in [0.25, 0.3) is 0 Å². The number of nitrogens with zero attached hydrogens (tertiary/aromatic N) is 3. The fraction of sp³-hybridized carbons (Fsp3) is 0.103. The highest BCUT2D eigenvalue weighted by molar-refractivity contribution is 7.13. The van der Waals surface area contributed by atoms with Crippen molar-refractivity contribution in [2.75, 3.05) is 11.9 Å². The maximum Gasteiger partial charge on any atom is 0.343 e. The highest BCUT2D eigenvalue weighted by Crippen LogP contribution is 2.30. The molecule has 2 heterocycles. The lowest BCUT2D eigenvalue weighted by molar-refractivity contribution is 0.0526. The molecule has 0 atom stereocenters. The Kier molecular flexibility index (Phi) is 6.82. The van der Waals surface area contributed by atoms with Crippen molar-refractivity contribution in [1.82, 2.24) is 15.0 Å². The number of esters is 1. The van der Waals surface area contributed by atoms with Crippen molar-refractivity contribution in [1.29, 1.82) is 0 Å². The highest BCUT2D eigenvalue weighted by Gasteiger charge is 2.17. The minimum atomic E-state index is -0.469.